The highest BCUT2D eigenvalue weighted by Crippen LogP contribution is 2.32. The van der Waals surface area contributed by atoms with E-state index in [1.807, 2.05) is 37.3 Å². The van der Waals surface area contributed by atoms with Crippen molar-refractivity contribution in [1.29, 1.82) is 0 Å². The largest absolute Gasteiger partial charge is 0.489 e. The Kier molecular flexibility index (Phi) is 7.36. The van der Waals surface area contributed by atoms with E-state index in [4.69, 9.17) is 4.74 Å². The molecule has 0 aliphatic carbocycles. The highest BCUT2D eigenvalue weighted by molar-refractivity contribution is 5.72. The van der Waals surface area contributed by atoms with E-state index >= 15 is 0 Å². The average molecular weight is 461 g/mol. The molecule has 0 radical (unpaired) electrons. The molecule has 0 atom stereocenters. The first-order valence-electron chi connectivity index (χ1n) is 11.6. The number of halogens is 3. The van der Waals surface area contributed by atoms with E-state index in [2.05, 4.69) is 6.92 Å². The SMILES string of the molecule is CCCc1ccc(-c2ccc(-c3ccc(OCc4ccc(CC)cc4F)cc3)c(F)c2F)cc1. The maximum absolute atomic E-state index is 15.0. The van der Waals surface area contributed by atoms with Crippen molar-refractivity contribution in [1.82, 2.24) is 0 Å². The minimum absolute atomic E-state index is 0.0872. The summed E-state index contributed by atoms with van der Waals surface area (Å²) in [7, 11) is 0. The fourth-order valence-corrected chi connectivity index (χ4v) is 3.95. The number of ether oxygens (including phenoxy) is 1. The minimum Gasteiger partial charge on any atom is -0.489 e. The Balaban J connectivity index is 1.49. The molecule has 0 aliphatic heterocycles. The molecule has 4 rings (SSSR count). The number of hydrogen-bond acceptors (Lipinski definition) is 1. The van der Waals surface area contributed by atoms with Crippen LogP contribution in [-0.2, 0) is 19.4 Å². The number of hydrogen-bond donors (Lipinski definition) is 0. The van der Waals surface area contributed by atoms with Crippen LogP contribution in [-0.4, -0.2) is 0 Å². The molecule has 0 amide bonds. The van der Waals surface area contributed by atoms with Crippen molar-refractivity contribution in [3.05, 3.63) is 113 Å². The Hall–Kier alpha value is -3.53. The van der Waals surface area contributed by atoms with Crippen molar-refractivity contribution in [3.63, 3.8) is 0 Å². The van der Waals surface area contributed by atoms with Crippen LogP contribution in [0.4, 0.5) is 13.2 Å². The summed E-state index contributed by atoms with van der Waals surface area (Å²) in [6.07, 6.45) is 2.75. The van der Waals surface area contributed by atoms with Crippen molar-refractivity contribution >= 4 is 0 Å². The van der Waals surface area contributed by atoms with Gasteiger partial charge in [-0.05, 0) is 53.3 Å². The summed E-state index contributed by atoms with van der Waals surface area (Å²) < 4.78 is 49.7. The van der Waals surface area contributed by atoms with Gasteiger partial charge < -0.3 is 4.74 Å². The third-order valence-corrected chi connectivity index (χ3v) is 5.97. The van der Waals surface area contributed by atoms with E-state index < -0.39 is 11.6 Å². The topological polar surface area (TPSA) is 9.23 Å². The lowest BCUT2D eigenvalue weighted by molar-refractivity contribution is 0.300. The van der Waals surface area contributed by atoms with E-state index in [0.29, 0.717) is 22.4 Å². The molecule has 4 heteroatoms. The Morgan fingerprint density at radius 1 is 0.647 bits per heavy atom. The van der Waals surface area contributed by atoms with Gasteiger partial charge in [0.15, 0.2) is 11.6 Å². The molecule has 4 aromatic rings. The lowest BCUT2D eigenvalue weighted by Gasteiger charge is -2.11. The summed E-state index contributed by atoms with van der Waals surface area (Å²) >= 11 is 0. The maximum atomic E-state index is 15.0. The molecule has 0 N–H and O–H groups in total. The van der Waals surface area contributed by atoms with Crippen molar-refractivity contribution in [3.8, 4) is 28.0 Å². The smallest absolute Gasteiger partial charge is 0.167 e. The van der Waals surface area contributed by atoms with Crippen molar-refractivity contribution in [2.24, 2.45) is 0 Å². The summed E-state index contributed by atoms with van der Waals surface area (Å²) in [6.45, 7) is 4.16. The average Bonchev–Trinajstić information content (AvgIpc) is 2.86. The molecule has 0 heterocycles. The van der Waals surface area contributed by atoms with Crippen LogP contribution in [0.5, 0.6) is 5.75 Å². The zero-order valence-electron chi connectivity index (χ0n) is 19.4. The molecule has 0 spiro atoms. The third-order valence-electron chi connectivity index (χ3n) is 5.97. The zero-order valence-corrected chi connectivity index (χ0v) is 19.4. The van der Waals surface area contributed by atoms with Crippen LogP contribution in [0, 0.1) is 17.5 Å². The van der Waals surface area contributed by atoms with Crippen LogP contribution < -0.4 is 4.74 Å². The van der Waals surface area contributed by atoms with Gasteiger partial charge in [-0.1, -0.05) is 80.9 Å². The molecular weight excluding hydrogens is 433 g/mol. The van der Waals surface area contributed by atoms with Crippen LogP contribution >= 0.6 is 0 Å². The summed E-state index contributed by atoms with van der Waals surface area (Å²) in [5.41, 5.74) is 4.16. The van der Waals surface area contributed by atoms with Crippen LogP contribution in [0.15, 0.2) is 78.9 Å². The van der Waals surface area contributed by atoms with E-state index in [-0.39, 0.29) is 23.6 Å². The van der Waals surface area contributed by atoms with Gasteiger partial charge in [0.25, 0.3) is 0 Å². The highest BCUT2D eigenvalue weighted by atomic mass is 19.2. The van der Waals surface area contributed by atoms with Crippen LogP contribution in [0.2, 0.25) is 0 Å². The Labute approximate surface area is 198 Å². The van der Waals surface area contributed by atoms with Gasteiger partial charge in [0.1, 0.15) is 18.2 Å². The minimum atomic E-state index is -0.887. The first-order chi connectivity index (χ1) is 16.5. The first kappa shape index (κ1) is 23.6. The molecule has 0 saturated carbocycles. The highest BCUT2D eigenvalue weighted by Gasteiger charge is 2.16. The fraction of sp³-hybridized carbons (Fsp3) is 0.200. The van der Waals surface area contributed by atoms with E-state index in [9.17, 15) is 13.2 Å². The van der Waals surface area contributed by atoms with E-state index in [0.717, 1.165) is 24.8 Å². The standard InChI is InChI=1S/C30H27F3O/c1-3-5-21-7-9-22(10-8-21)26-16-17-27(30(33)29(26)32)23-12-14-25(15-13-23)34-19-24-11-6-20(4-2)18-28(24)31/h6-18H,3-5,19H2,1-2H3. The molecule has 1 nitrogen and oxygen atoms in total. The molecule has 0 aromatic heterocycles. The number of aryl methyl sites for hydroxylation is 2. The first-order valence-corrected chi connectivity index (χ1v) is 11.6. The van der Waals surface area contributed by atoms with Gasteiger partial charge in [-0.15, -0.1) is 0 Å². The second-order valence-corrected chi connectivity index (χ2v) is 8.33. The van der Waals surface area contributed by atoms with Gasteiger partial charge in [0, 0.05) is 16.7 Å². The van der Waals surface area contributed by atoms with E-state index in [1.165, 1.54) is 11.6 Å². The molecule has 0 saturated heterocycles. The van der Waals surface area contributed by atoms with Crippen molar-refractivity contribution in [2.75, 3.05) is 0 Å². The normalized spacial score (nSPS) is 11.0. The summed E-state index contributed by atoms with van der Waals surface area (Å²) in [5, 5.41) is 0. The molecule has 4 aromatic carbocycles. The molecule has 0 fully saturated rings. The second kappa shape index (κ2) is 10.6. The zero-order chi connectivity index (χ0) is 24.1. The van der Waals surface area contributed by atoms with Crippen molar-refractivity contribution < 1.29 is 17.9 Å². The van der Waals surface area contributed by atoms with E-state index in [1.54, 1.807) is 42.5 Å². The molecule has 174 valence electrons. The van der Waals surface area contributed by atoms with Crippen LogP contribution in [0.3, 0.4) is 0 Å². The predicted molar refractivity (Wildman–Crippen MR) is 131 cm³/mol. The molecule has 0 unspecified atom stereocenters. The Bertz CT molecular complexity index is 1260. The molecule has 0 aliphatic rings. The summed E-state index contributed by atoms with van der Waals surface area (Å²) in [6, 6.07) is 22.6. The van der Waals surface area contributed by atoms with Gasteiger partial charge in [0.2, 0.25) is 0 Å². The second-order valence-electron chi connectivity index (χ2n) is 8.33. The monoisotopic (exact) mass is 460 g/mol. The van der Waals surface area contributed by atoms with Gasteiger partial charge >= 0.3 is 0 Å². The summed E-state index contributed by atoms with van der Waals surface area (Å²) in [5.74, 6) is -1.53. The molecular formula is C30H27F3O. The number of benzene rings is 4. The maximum Gasteiger partial charge on any atom is 0.167 e. The summed E-state index contributed by atoms with van der Waals surface area (Å²) in [4.78, 5) is 0. The van der Waals surface area contributed by atoms with Crippen molar-refractivity contribution in [2.45, 2.75) is 39.7 Å². The molecule has 34 heavy (non-hydrogen) atoms. The Morgan fingerprint density at radius 3 is 1.74 bits per heavy atom. The lowest BCUT2D eigenvalue weighted by Crippen LogP contribution is -1.99. The van der Waals surface area contributed by atoms with Gasteiger partial charge in [-0.25, -0.2) is 13.2 Å². The predicted octanol–water partition coefficient (Wildman–Crippen LogP) is 8.53. The lowest BCUT2D eigenvalue weighted by atomic mass is 9.97. The third kappa shape index (κ3) is 5.17. The van der Waals surface area contributed by atoms with Gasteiger partial charge in [0.05, 0.1) is 0 Å². The van der Waals surface area contributed by atoms with Crippen LogP contribution in [0.1, 0.15) is 37.0 Å². The number of rotatable bonds is 8. The van der Waals surface area contributed by atoms with Gasteiger partial charge in [-0.2, -0.15) is 0 Å². The fourth-order valence-electron chi connectivity index (χ4n) is 3.95. The molecule has 0 bridgehead atoms. The quantitative estimate of drug-likeness (QED) is 0.256. The Morgan fingerprint density at radius 2 is 1.21 bits per heavy atom. The van der Waals surface area contributed by atoms with Crippen LogP contribution in [0.25, 0.3) is 22.3 Å². The van der Waals surface area contributed by atoms with Gasteiger partial charge in [-0.3, -0.25) is 0 Å².